The number of benzene rings is 1. The number of aromatic nitrogens is 5. The summed E-state index contributed by atoms with van der Waals surface area (Å²) in [7, 11) is 4.25. The van der Waals surface area contributed by atoms with Crippen molar-refractivity contribution in [3.8, 4) is 11.3 Å². The lowest BCUT2D eigenvalue weighted by molar-refractivity contribution is 0.0834. The lowest BCUT2D eigenvalue weighted by atomic mass is 9.99. The summed E-state index contributed by atoms with van der Waals surface area (Å²) < 4.78 is 22.9. The van der Waals surface area contributed by atoms with E-state index in [-0.39, 0.29) is 11.7 Å². The van der Waals surface area contributed by atoms with E-state index in [1.165, 1.54) is 0 Å². The highest BCUT2D eigenvalue weighted by molar-refractivity contribution is 5.78. The Morgan fingerprint density at radius 1 is 1.00 bits per heavy atom. The number of nitrogens with zero attached hydrogens (tertiary/aromatic N) is 7. The van der Waals surface area contributed by atoms with Crippen LogP contribution in [0.3, 0.4) is 0 Å². The summed E-state index contributed by atoms with van der Waals surface area (Å²) in [6.45, 7) is 3.29. The first-order chi connectivity index (χ1) is 17.1. The molecule has 6 rings (SSSR count). The van der Waals surface area contributed by atoms with Crippen LogP contribution in [0.4, 0.5) is 10.1 Å². The van der Waals surface area contributed by atoms with Crippen molar-refractivity contribution in [3.05, 3.63) is 48.2 Å². The first-order valence-corrected chi connectivity index (χ1v) is 12.4. The Balaban J connectivity index is 1.34. The van der Waals surface area contributed by atoms with Crippen molar-refractivity contribution in [2.24, 2.45) is 0 Å². The molecule has 2 saturated heterocycles. The van der Waals surface area contributed by atoms with Crippen LogP contribution in [-0.4, -0.2) is 75.9 Å². The number of halogens is 1. The monoisotopic (exact) mass is 475 g/mol. The predicted octanol–water partition coefficient (Wildman–Crippen LogP) is 3.90. The summed E-state index contributed by atoms with van der Waals surface area (Å²) in [5.41, 5.74) is 4.02. The number of hydrogen-bond donors (Lipinski definition) is 0. The number of rotatable bonds is 4. The lowest BCUT2D eigenvalue weighted by Crippen LogP contribution is -2.42. The van der Waals surface area contributed by atoms with Gasteiger partial charge in [-0.25, -0.2) is 14.4 Å². The Hall–Kier alpha value is -3.17. The Morgan fingerprint density at radius 2 is 1.80 bits per heavy atom. The molecule has 4 aromatic rings. The molecule has 2 aliphatic heterocycles. The molecule has 3 aromatic heterocycles. The molecule has 0 N–H and O–H groups in total. The second-order valence-corrected chi connectivity index (χ2v) is 9.78. The third kappa shape index (κ3) is 4.12. The molecule has 0 spiro atoms. The van der Waals surface area contributed by atoms with Gasteiger partial charge in [-0.3, -0.25) is 4.40 Å². The van der Waals surface area contributed by atoms with E-state index in [0.717, 1.165) is 55.8 Å². The van der Waals surface area contributed by atoms with Gasteiger partial charge >= 0.3 is 0 Å². The fraction of sp³-hybridized carbons (Fsp3) is 0.462. The molecule has 0 unspecified atom stereocenters. The van der Waals surface area contributed by atoms with Crippen LogP contribution in [0.15, 0.2) is 36.5 Å². The van der Waals surface area contributed by atoms with Gasteiger partial charge in [0.25, 0.3) is 0 Å². The zero-order valence-electron chi connectivity index (χ0n) is 20.2. The molecule has 0 atom stereocenters. The van der Waals surface area contributed by atoms with Gasteiger partial charge in [-0.1, -0.05) is 0 Å². The third-order valence-corrected chi connectivity index (χ3v) is 7.47. The second-order valence-electron chi connectivity index (χ2n) is 9.78. The maximum atomic E-state index is 15.4. The smallest absolute Gasteiger partial charge is 0.181 e. The highest BCUT2D eigenvalue weighted by Crippen LogP contribution is 2.31. The average Bonchev–Trinajstić information content (AvgIpc) is 3.34. The topological polar surface area (TPSA) is 71.7 Å². The van der Waals surface area contributed by atoms with Crippen molar-refractivity contribution in [2.75, 3.05) is 45.3 Å². The predicted molar refractivity (Wildman–Crippen MR) is 133 cm³/mol. The van der Waals surface area contributed by atoms with Gasteiger partial charge in [0, 0.05) is 49.5 Å². The van der Waals surface area contributed by atoms with E-state index in [0.29, 0.717) is 41.8 Å². The standard InChI is InChI=1S/C26H30FN7O/c1-32(2)18-7-11-33(12-8-18)19-3-4-20(21(27)15-19)22-5-6-23-26(29-22)34-24(16-28-23)30-31-25(34)17-9-13-35-14-10-17/h3-6,15-18H,7-14H2,1-2H3. The van der Waals surface area contributed by atoms with Gasteiger partial charge in [0.1, 0.15) is 17.2 Å². The van der Waals surface area contributed by atoms with Gasteiger partial charge in [-0.15, -0.1) is 10.2 Å². The number of anilines is 1. The highest BCUT2D eigenvalue weighted by Gasteiger charge is 2.24. The summed E-state index contributed by atoms with van der Waals surface area (Å²) in [6.07, 6.45) is 5.67. The Bertz CT molecular complexity index is 1360. The molecule has 182 valence electrons. The van der Waals surface area contributed by atoms with Crippen LogP contribution >= 0.6 is 0 Å². The molecule has 9 heteroatoms. The maximum Gasteiger partial charge on any atom is 0.181 e. The van der Waals surface area contributed by atoms with Gasteiger partial charge in [0.15, 0.2) is 11.3 Å². The quantitative estimate of drug-likeness (QED) is 0.443. The molecule has 0 radical (unpaired) electrons. The number of hydrogen-bond acceptors (Lipinski definition) is 7. The molecular weight excluding hydrogens is 445 g/mol. The van der Waals surface area contributed by atoms with Gasteiger partial charge in [-0.05, 0) is 70.1 Å². The summed E-state index contributed by atoms with van der Waals surface area (Å²) in [5.74, 6) is 0.859. The maximum absolute atomic E-state index is 15.4. The van der Waals surface area contributed by atoms with Crippen LogP contribution in [-0.2, 0) is 4.74 Å². The molecule has 0 amide bonds. The van der Waals surface area contributed by atoms with Crippen molar-refractivity contribution in [1.29, 1.82) is 0 Å². The second kappa shape index (κ2) is 9.13. The van der Waals surface area contributed by atoms with Crippen LogP contribution in [0.1, 0.15) is 37.4 Å². The molecule has 5 heterocycles. The minimum atomic E-state index is -0.266. The van der Waals surface area contributed by atoms with Gasteiger partial charge in [0.05, 0.1) is 11.9 Å². The largest absolute Gasteiger partial charge is 0.381 e. The SMILES string of the molecule is CN(C)C1CCN(c2ccc(-c3ccc4ncc5nnc(C6CCOCC6)n5c4n3)c(F)c2)CC1. The van der Waals surface area contributed by atoms with E-state index in [1.54, 1.807) is 12.3 Å². The van der Waals surface area contributed by atoms with E-state index in [9.17, 15) is 0 Å². The van der Waals surface area contributed by atoms with Crippen LogP contribution < -0.4 is 4.90 Å². The van der Waals surface area contributed by atoms with Crippen molar-refractivity contribution >= 4 is 22.5 Å². The van der Waals surface area contributed by atoms with Gasteiger partial charge in [-0.2, -0.15) is 0 Å². The molecule has 1 aromatic carbocycles. The van der Waals surface area contributed by atoms with Crippen LogP contribution in [0.25, 0.3) is 28.1 Å². The lowest BCUT2D eigenvalue weighted by Gasteiger charge is -2.36. The van der Waals surface area contributed by atoms with E-state index in [2.05, 4.69) is 39.1 Å². The molecule has 0 saturated carbocycles. The fourth-order valence-corrected chi connectivity index (χ4v) is 5.36. The Labute approximate surface area is 203 Å². The number of piperidine rings is 1. The van der Waals surface area contributed by atoms with E-state index >= 15 is 4.39 Å². The molecule has 2 fully saturated rings. The summed E-state index contributed by atoms with van der Waals surface area (Å²) in [4.78, 5) is 13.9. The molecule has 8 nitrogen and oxygen atoms in total. The highest BCUT2D eigenvalue weighted by atomic mass is 19.1. The minimum absolute atomic E-state index is 0.252. The number of ether oxygens (including phenoxy) is 1. The van der Waals surface area contributed by atoms with Crippen molar-refractivity contribution in [3.63, 3.8) is 0 Å². The first kappa shape index (κ1) is 22.3. The van der Waals surface area contributed by atoms with E-state index < -0.39 is 0 Å². The number of pyridine rings is 1. The first-order valence-electron chi connectivity index (χ1n) is 12.4. The van der Waals surface area contributed by atoms with Gasteiger partial charge < -0.3 is 14.5 Å². The minimum Gasteiger partial charge on any atom is -0.381 e. The third-order valence-electron chi connectivity index (χ3n) is 7.47. The zero-order valence-corrected chi connectivity index (χ0v) is 20.2. The Morgan fingerprint density at radius 3 is 2.54 bits per heavy atom. The van der Waals surface area contributed by atoms with Crippen molar-refractivity contribution in [2.45, 2.75) is 37.6 Å². The van der Waals surface area contributed by atoms with Gasteiger partial charge in [0.2, 0.25) is 0 Å². The zero-order chi connectivity index (χ0) is 23.9. The summed E-state index contributed by atoms with van der Waals surface area (Å²) in [5, 5.41) is 8.79. The molecule has 0 aliphatic carbocycles. The molecule has 35 heavy (non-hydrogen) atoms. The van der Waals surface area contributed by atoms with Crippen LogP contribution in [0.2, 0.25) is 0 Å². The average molecular weight is 476 g/mol. The fourth-order valence-electron chi connectivity index (χ4n) is 5.36. The van der Waals surface area contributed by atoms with E-state index in [1.807, 2.05) is 28.7 Å². The number of fused-ring (bicyclic) bond motifs is 3. The summed E-state index contributed by atoms with van der Waals surface area (Å²) in [6, 6.07) is 9.81. The van der Waals surface area contributed by atoms with Crippen LogP contribution in [0.5, 0.6) is 0 Å². The molecular formula is C26H30FN7O. The van der Waals surface area contributed by atoms with Crippen LogP contribution in [0, 0.1) is 5.82 Å². The summed E-state index contributed by atoms with van der Waals surface area (Å²) >= 11 is 0. The Kier molecular flexibility index (Phi) is 5.82. The van der Waals surface area contributed by atoms with Crippen molar-refractivity contribution in [1.82, 2.24) is 29.5 Å². The normalized spacial score (nSPS) is 18.2. The molecule has 2 aliphatic rings. The van der Waals surface area contributed by atoms with Crippen molar-refractivity contribution < 1.29 is 9.13 Å². The van der Waals surface area contributed by atoms with E-state index in [4.69, 9.17) is 9.72 Å². The molecule has 0 bridgehead atoms.